The zero-order chi connectivity index (χ0) is 21.4. The van der Waals surface area contributed by atoms with Crippen LogP contribution in [0.25, 0.3) is 10.9 Å². The fourth-order valence-corrected chi connectivity index (χ4v) is 5.24. The number of nitrogens with zero attached hydrogens (tertiary/aromatic N) is 1. The van der Waals surface area contributed by atoms with Gasteiger partial charge in [0.1, 0.15) is 0 Å². The lowest BCUT2D eigenvalue weighted by molar-refractivity contribution is 0.588. The Morgan fingerprint density at radius 3 is 2.37 bits per heavy atom. The first kappa shape index (κ1) is 22.3. The predicted octanol–water partition coefficient (Wildman–Crippen LogP) is 6.64. The van der Waals surface area contributed by atoms with E-state index in [2.05, 4.69) is 16.6 Å². The summed E-state index contributed by atoms with van der Waals surface area (Å²) in [5.41, 5.74) is 3.11. The van der Waals surface area contributed by atoms with Crippen LogP contribution in [0.4, 0.5) is 5.69 Å². The first-order valence-electron chi connectivity index (χ1n) is 11.0. The first-order valence-corrected chi connectivity index (χ1v) is 12.5. The Morgan fingerprint density at radius 2 is 1.57 bits per heavy atom. The number of para-hydroxylation sites is 1. The first-order chi connectivity index (χ1) is 14.5. The van der Waals surface area contributed by atoms with Crippen molar-refractivity contribution in [1.29, 1.82) is 0 Å². The molecule has 0 spiro atoms. The van der Waals surface area contributed by atoms with Gasteiger partial charge >= 0.3 is 0 Å². The minimum Gasteiger partial charge on any atom is -0.277 e. The summed E-state index contributed by atoms with van der Waals surface area (Å²) in [6, 6.07) is 14.9. The number of sulfonamides is 1. The van der Waals surface area contributed by atoms with Gasteiger partial charge in [-0.3, -0.25) is 9.71 Å². The lowest BCUT2D eigenvalue weighted by Gasteiger charge is -2.14. The van der Waals surface area contributed by atoms with Crippen LogP contribution in [0, 0.1) is 6.92 Å². The van der Waals surface area contributed by atoms with Gasteiger partial charge in [0.2, 0.25) is 0 Å². The van der Waals surface area contributed by atoms with Crippen molar-refractivity contribution in [3.8, 4) is 0 Å². The standard InChI is InChI=1S/C25H32N2O2S/c1-3-4-5-6-7-8-9-13-21-14-11-18-24(20(21)2)30(28,29)27-23-17-10-15-22-16-12-19-26-25(22)23/h10-12,14-19,27H,3-9,13H2,1-2H3. The summed E-state index contributed by atoms with van der Waals surface area (Å²) < 4.78 is 29.1. The summed E-state index contributed by atoms with van der Waals surface area (Å²) in [4.78, 5) is 4.69. The average molecular weight is 425 g/mol. The number of rotatable bonds is 11. The molecule has 0 saturated carbocycles. The molecule has 0 atom stereocenters. The van der Waals surface area contributed by atoms with Gasteiger partial charge in [-0.25, -0.2) is 8.42 Å². The molecule has 0 unspecified atom stereocenters. The van der Waals surface area contributed by atoms with E-state index in [9.17, 15) is 8.42 Å². The SMILES string of the molecule is CCCCCCCCCc1cccc(S(=O)(=O)Nc2cccc3cccnc23)c1C. The van der Waals surface area contributed by atoms with Gasteiger partial charge in [0.15, 0.2) is 0 Å². The van der Waals surface area contributed by atoms with Crippen molar-refractivity contribution >= 4 is 26.6 Å². The van der Waals surface area contributed by atoms with Crippen molar-refractivity contribution in [2.75, 3.05) is 4.72 Å². The van der Waals surface area contributed by atoms with Crippen LogP contribution < -0.4 is 4.72 Å². The second-order valence-corrected chi connectivity index (χ2v) is 9.55. The number of benzene rings is 2. The molecule has 160 valence electrons. The van der Waals surface area contributed by atoms with E-state index in [1.165, 1.54) is 38.5 Å². The molecule has 1 aromatic heterocycles. The normalized spacial score (nSPS) is 11.7. The molecule has 3 rings (SSSR count). The van der Waals surface area contributed by atoms with Gasteiger partial charge in [0.25, 0.3) is 10.0 Å². The quantitative estimate of drug-likeness (QED) is 0.351. The molecule has 1 heterocycles. The topological polar surface area (TPSA) is 59.1 Å². The summed E-state index contributed by atoms with van der Waals surface area (Å²) in [6.45, 7) is 4.14. The summed E-state index contributed by atoms with van der Waals surface area (Å²) in [5.74, 6) is 0. The van der Waals surface area contributed by atoms with Crippen LogP contribution in [-0.2, 0) is 16.4 Å². The van der Waals surface area contributed by atoms with Crippen LogP contribution in [0.1, 0.15) is 63.0 Å². The van der Waals surface area contributed by atoms with Crippen molar-refractivity contribution in [2.24, 2.45) is 0 Å². The Kier molecular flexibility index (Phi) is 7.86. The van der Waals surface area contributed by atoms with Crippen LogP contribution in [0.3, 0.4) is 0 Å². The van der Waals surface area contributed by atoms with Gasteiger partial charge in [-0.1, -0.05) is 75.8 Å². The number of pyridine rings is 1. The lowest BCUT2D eigenvalue weighted by Crippen LogP contribution is -2.15. The molecule has 0 aliphatic carbocycles. The maximum absolute atomic E-state index is 13.2. The zero-order valence-electron chi connectivity index (χ0n) is 18.0. The fraction of sp³-hybridized carbons (Fsp3) is 0.400. The molecule has 2 aromatic carbocycles. The molecule has 0 saturated heterocycles. The molecule has 0 amide bonds. The van der Waals surface area contributed by atoms with E-state index in [1.807, 2.05) is 43.3 Å². The Labute approximate surface area is 180 Å². The van der Waals surface area contributed by atoms with Gasteiger partial charge in [-0.2, -0.15) is 0 Å². The van der Waals surface area contributed by atoms with Crippen LogP contribution in [-0.4, -0.2) is 13.4 Å². The number of nitrogens with one attached hydrogen (secondary N) is 1. The van der Waals surface area contributed by atoms with Crippen molar-refractivity contribution in [2.45, 2.75) is 70.1 Å². The monoisotopic (exact) mass is 424 g/mol. The largest absolute Gasteiger partial charge is 0.277 e. The van der Waals surface area contributed by atoms with Crippen LogP contribution in [0.5, 0.6) is 0 Å². The predicted molar refractivity (Wildman–Crippen MR) is 125 cm³/mol. The average Bonchev–Trinajstić information content (AvgIpc) is 2.74. The third-order valence-electron chi connectivity index (χ3n) is 5.61. The summed E-state index contributed by atoms with van der Waals surface area (Å²) in [5, 5.41) is 0.905. The highest BCUT2D eigenvalue weighted by molar-refractivity contribution is 7.92. The summed E-state index contributed by atoms with van der Waals surface area (Å²) >= 11 is 0. The van der Waals surface area contributed by atoms with Gasteiger partial charge in [-0.05, 0) is 49.1 Å². The molecule has 4 nitrogen and oxygen atoms in total. The maximum atomic E-state index is 13.2. The molecular formula is C25H32N2O2S. The minimum atomic E-state index is -3.69. The van der Waals surface area contributed by atoms with E-state index in [0.29, 0.717) is 16.1 Å². The number of hydrogen-bond donors (Lipinski definition) is 1. The molecule has 3 aromatic rings. The highest BCUT2D eigenvalue weighted by Gasteiger charge is 2.19. The maximum Gasteiger partial charge on any atom is 0.262 e. The molecule has 0 aliphatic heterocycles. The molecular weight excluding hydrogens is 392 g/mol. The van der Waals surface area contributed by atoms with Crippen LogP contribution >= 0.6 is 0 Å². The van der Waals surface area contributed by atoms with Gasteiger partial charge in [-0.15, -0.1) is 0 Å². The number of hydrogen-bond acceptors (Lipinski definition) is 3. The molecule has 5 heteroatoms. The summed E-state index contributed by atoms with van der Waals surface area (Å²) in [7, 11) is -3.69. The lowest BCUT2D eigenvalue weighted by atomic mass is 10.0. The van der Waals surface area contributed by atoms with E-state index in [1.54, 1.807) is 18.3 Å². The molecule has 0 aliphatic rings. The number of aryl methyl sites for hydroxylation is 1. The van der Waals surface area contributed by atoms with Crippen molar-refractivity contribution < 1.29 is 8.42 Å². The number of aromatic nitrogens is 1. The smallest absolute Gasteiger partial charge is 0.262 e. The molecule has 30 heavy (non-hydrogen) atoms. The summed E-state index contributed by atoms with van der Waals surface area (Å²) in [6.07, 6.45) is 11.3. The Hall–Kier alpha value is -2.40. The number of unbranched alkanes of at least 4 members (excludes halogenated alkanes) is 6. The van der Waals surface area contributed by atoms with E-state index in [0.717, 1.165) is 29.4 Å². The third-order valence-corrected chi connectivity index (χ3v) is 7.12. The highest BCUT2D eigenvalue weighted by Crippen LogP contribution is 2.26. The van der Waals surface area contributed by atoms with Gasteiger partial charge in [0, 0.05) is 11.6 Å². The van der Waals surface area contributed by atoms with Crippen LogP contribution in [0.15, 0.2) is 59.6 Å². The Bertz CT molecular complexity index is 1070. The van der Waals surface area contributed by atoms with E-state index >= 15 is 0 Å². The van der Waals surface area contributed by atoms with E-state index < -0.39 is 10.0 Å². The van der Waals surface area contributed by atoms with Crippen molar-refractivity contribution in [3.05, 3.63) is 65.9 Å². The second-order valence-electron chi connectivity index (χ2n) is 7.90. The number of anilines is 1. The molecule has 0 radical (unpaired) electrons. The zero-order valence-corrected chi connectivity index (χ0v) is 18.8. The Balaban J connectivity index is 1.71. The molecule has 0 bridgehead atoms. The molecule has 0 fully saturated rings. The van der Waals surface area contributed by atoms with E-state index in [-0.39, 0.29) is 0 Å². The highest BCUT2D eigenvalue weighted by atomic mass is 32.2. The van der Waals surface area contributed by atoms with Gasteiger partial charge < -0.3 is 0 Å². The second kappa shape index (κ2) is 10.6. The molecule has 1 N–H and O–H groups in total. The number of fused-ring (bicyclic) bond motifs is 1. The van der Waals surface area contributed by atoms with Crippen LogP contribution in [0.2, 0.25) is 0 Å². The van der Waals surface area contributed by atoms with Crippen molar-refractivity contribution in [1.82, 2.24) is 4.98 Å². The fourth-order valence-electron chi connectivity index (χ4n) is 3.88. The van der Waals surface area contributed by atoms with Gasteiger partial charge in [0.05, 0.1) is 16.1 Å². The third kappa shape index (κ3) is 5.60. The van der Waals surface area contributed by atoms with Crippen molar-refractivity contribution in [3.63, 3.8) is 0 Å². The minimum absolute atomic E-state index is 0.343. The Morgan fingerprint density at radius 1 is 0.867 bits per heavy atom. The van der Waals surface area contributed by atoms with E-state index in [4.69, 9.17) is 0 Å².